The van der Waals surface area contributed by atoms with Crippen LogP contribution in [0.4, 0.5) is 5.69 Å². The van der Waals surface area contributed by atoms with Gasteiger partial charge in [-0.2, -0.15) is 0 Å². The fourth-order valence-corrected chi connectivity index (χ4v) is 5.87. The predicted molar refractivity (Wildman–Crippen MR) is 142 cm³/mol. The topological polar surface area (TPSA) is 91.0 Å². The van der Waals surface area contributed by atoms with Crippen LogP contribution in [0.15, 0.2) is 72.4 Å². The number of aromatic nitrogens is 3. The second-order valence-corrected chi connectivity index (χ2v) is 9.99. The summed E-state index contributed by atoms with van der Waals surface area (Å²) in [4.78, 5) is 40.1. The summed E-state index contributed by atoms with van der Waals surface area (Å²) in [6, 6.07) is 17.6. The van der Waals surface area contributed by atoms with Crippen LogP contribution in [0.2, 0.25) is 0 Å². The monoisotopic (exact) mass is 495 g/mol. The lowest BCUT2D eigenvalue weighted by atomic mass is 9.97. The van der Waals surface area contributed by atoms with Gasteiger partial charge in [-0.15, -0.1) is 11.3 Å². The molecular weight excluding hydrogens is 470 g/mol. The molecule has 0 spiro atoms. The van der Waals surface area contributed by atoms with E-state index in [-0.39, 0.29) is 17.7 Å². The van der Waals surface area contributed by atoms with Crippen molar-refractivity contribution in [2.45, 2.75) is 25.2 Å². The molecule has 0 bridgehead atoms. The number of fused-ring (bicyclic) bond motifs is 2. The maximum atomic E-state index is 13.0. The molecule has 1 fully saturated rings. The maximum Gasteiger partial charge on any atom is 0.275 e. The van der Waals surface area contributed by atoms with Crippen molar-refractivity contribution in [1.29, 1.82) is 0 Å². The van der Waals surface area contributed by atoms with Crippen LogP contribution in [-0.2, 0) is 11.2 Å². The molecule has 8 heteroatoms. The van der Waals surface area contributed by atoms with Crippen LogP contribution in [0, 0.1) is 0 Å². The zero-order valence-electron chi connectivity index (χ0n) is 19.6. The van der Waals surface area contributed by atoms with E-state index < -0.39 is 0 Å². The molecule has 36 heavy (non-hydrogen) atoms. The first-order valence-electron chi connectivity index (χ1n) is 12.1. The summed E-state index contributed by atoms with van der Waals surface area (Å²) in [5, 5.41) is 7.81. The van der Waals surface area contributed by atoms with Gasteiger partial charge in [-0.1, -0.05) is 36.4 Å². The number of carbonyl (C=O) groups is 2. The Labute approximate surface area is 212 Å². The van der Waals surface area contributed by atoms with Crippen molar-refractivity contribution in [3.05, 3.63) is 88.6 Å². The molecule has 1 saturated heterocycles. The molecule has 5 aromatic rings. The van der Waals surface area contributed by atoms with Crippen LogP contribution >= 0.6 is 11.3 Å². The SMILES string of the molecule is O=C(Nc1cccc2cccnc12)c1csc(C2CCN(C(=O)Cc3c[nH]c4ccccc34)CC2)n1. The highest BCUT2D eigenvalue weighted by molar-refractivity contribution is 7.10. The summed E-state index contributed by atoms with van der Waals surface area (Å²) in [6.45, 7) is 1.41. The molecule has 1 aliphatic rings. The quantitative estimate of drug-likeness (QED) is 0.343. The number of para-hydroxylation sites is 2. The van der Waals surface area contributed by atoms with Gasteiger partial charge in [-0.05, 0) is 36.6 Å². The number of anilines is 1. The molecule has 0 saturated carbocycles. The van der Waals surface area contributed by atoms with Crippen molar-refractivity contribution in [1.82, 2.24) is 19.9 Å². The number of amides is 2. The summed E-state index contributed by atoms with van der Waals surface area (Å²) in [5.74, 6) is 0.177. The number of nitrogens with zero attached hydrogens (tertiary/aromatic N) is 3. The first-order chi connectivity index (χ1) is 17.7. The van der Waals surface area contributed by atoms with Crippen molar-refractivity contribution >= 4 is 50.6 Å². The Morgan fingerprint density at radius 3 is 2.78 bits per heavy atom. The first-order valence-corrected chi connectivity index (χ1v) is 13.0. The second kappa shape index (κ2) is 9.54. The normalized spacial score (nSPS) is 14.4. The average Bonchev–Trinajstić information content (AvgIpc) is 3.57. The van der Waals surface area contributed by atoms with Gasteiger partial charge in [-0.3, -0.25) is 14.6 Å². The number of aromatic amines is 1. The number of benzene rings is 2. The average molecular weight is 496 g/mol. The fraction of sp³-hybridized carbons (Fsp3) is 0.214. The van der Waals surface area contributed by atoms with E-state index in [4.69, 9.17) is 0 Å². The molecule has 2 N–H and O–H groups in total. The number of hydrogen-bond acceptors (Lipinski definition) is 5. The molecule has 0 atom stereocenters. The van der Waals surface area contributed by atoms with Gasteiger partial charge in [0.05, 0.1) is 22.6 Å². The highest BCUT2D eigenvalue weighted by Gasteiger charge is 2.27. The summed E-state index contributed by atoms with van der Waals surface area (Å²) in [5.41, 5.74) is 3.94. The Morgan fingerprint density at radius 2 is 1.89 bits per heavy atom. The van der Waals surface area contributed by atoms with Crippen LogP contribution in [0.1, 0.15) is 39.8 Å². The smallest absolute Gasteiger partial charge is 0.275 e. The third kappa shape index (κ3) is 4.35. The van der Waals surface area contributed by atoms with E-state index in [9.17, 15) is 9.59 Å². The van der Waals surface area contributed by atoms with E-state index in [0.717, 1.165) is 45.2 Å². The van der Waals surface area contributed by atoms with Gasteiger partial charge in [0.2, 0.25) is 5.91 Å². The van der Waals surface area contributed by atoms with Crippen LogP contribution in [0.25, 0.3) is 21.8 Å². The summed E-state index contributed by atoms with van der Waals surface area (Å²) < 4.78 is 0. The molecular formula is C28H25N5O2S. The van der Waals surface area contributed by atoms with Crippen LogP contribution in [0.3, 0.4) is 0 Å². The fourth-order valence-electron chi connectivity index (χ4n) is 4.90. The molecule has 0 aliphatic carbocycles. The van der Waals surface area contributed by atoms with E-state index >= 15 is 0 Å². The lowest BCUT2D eigenvalue weighted by molar-refractivity contribution is -0.131. The number of pyridine rings is 1. The molecule has 0 radical (unpaired) electrons. The van der Waals surface area contributed by atoms with Crippen molar-refractivity contribution in [3.63, 3.8) is 0 Å². The van der Waals surface area contributed by atoms with Gasteiger partial charge in [-0.25, -0.2) is 4.98 Å². The number of rotatable bonds is 5. The Kier molecular flexibility index (Phi) is 5.95. The van der Waals surface area contributed by atoms with E-state index in [1.807, 2.05) is 71.1 Å². The zero-order valence-corrected chi connectivity index (χ0v) is 20.4. The third-order valence-electron chi connectivity index (χ3n) is 6.85. The van der Waals surface area contributed by atoms with Gasteiger partial charge in [0.15, 0.2) is 0 Å². The predicted octanol–water partition coefficient (Wildman–Crippen LogP) is 5.37. The van der Waals surface area contributed by atoms with Gasteiger partial charge in [0.1, 0.15) is 5.69 Å². The number of thiazole rings is 1. The summed E-state index contributed by atoms with van der Waals surface area (Å²) >= 11 is 1.52. The van der Waals surface area contributed by atoms with Crippen molar-refractivity contribution < 1.29 is 9.59 Å². The van der Waals surface area contributed by atoms with Crippen molar-refractivity contribution in [3.8, 4) is 0 Å². The Bertz CT molecular complexity index is 1560. The minimum atomic E-state index is -0.234. The Balaban J connectivity index is 1.07. The second-order valence-electron chi connectivity index (χ2n) is 9.10. The molecule has 1 aliphatic heterocycles. The Morgan fingerprint density at radius 1 is 1.06 bits per heavy atom. The van der Waals surface area contributed by atoms with Gasteiger partial charge in [0.25, 0.3) is 5.91 Å². The van der Waals surface area contributed by atoms with Crippen molar-refractivity contribution in [2.24, 2.45) is 0 Å². The molecule has 4 heterocycles. The molecule has 7 nitrogen and oxygen atoms in total. The molecule has 180 valence electrons. The molecule has 0 unspecified atom stereocenters. The van der Waals surface area contributed by atoms with E-state index in [0.29, 0.717) is 30.9 Å². The lowest BCUT2D eigenvalue weighted by Gasteiger charge is -2.31. The number of likely N-dealkylation sites (tertiary alicyclic amines) is 1. The number of carbonyl (C=O) groups excluding carboxylic acids is 2. The van der Waals surface area contributed by atoms with Gasteiger partial charge in [0, 0.05) is 53.1 Å². The highest BCUT2D eigenvalue weighted by atomic mass is 32.1. The van der Waals surface area contributed by atoms with Crippen LogP contribution in [-0.4, -0.2) is 44.8 Å². The van der Waals surface area contributed by atoms with E-state index in [1.54, 1.807) is 6.20 Å². The van der Waals surface area contributed by atoms with Gasteiger partial charge < -0.3 is 15.2 Å². The standard InChI is InChI=1S/C28H25N5O2S/c34-25(15-20-16-30-22-8-2-1-7-21(20)22)33-13-10-19(11-14-33)28-32-24(17-36-28)27(35)31-23-9-3-5-18-6-4-12-29-26(18)23/h1-9,12,16-17,19,30H,10-11,13-15H2,(H,31,35). The maximum absolute atomic E-state index is 13.0. The lowest BCUT2D eigenvalue weighted by Crippen LogP contribution is -2.38. The Hall–Kier alpha value is -4.04. The number of nitrogens with one attached hydrogen (secondary N) is 2. The third-order valence-corrected chi connectivity index (χ3v) is 7.86. The number of H-pyrrole nitrogens is 1. The van der Waals surface area contributed by atoms with E-state index in [1.165, 1.54) is 11.3 Å². The van der Waals surface area contributed by atoms with Gasteiger partial charge >= 0.3 is 0 Å². The largest absolute Gasteiger partial charge is 0.361 e. The van der Waals surface area contributed by atoms with Crippen molar-refractivity contribution in [2.75, 3.05) is 18.4 Å². The molecule has 3 aromatic heterocycles. The molecule has 2 amide bonds. The van der Waals surface area contributed by atoms with Crippen LogP contribution in [0.5, 0.6) is 0 Å². The molecule has 2 aromatic carbocycles. The summed E-state index contributed by atoms with van der Waals surface area (Å²) in [7, 11) is 0. The minimum absolute atomic E-state index is 0.154. The highest BCUT2D eigenvalue weighted by Crippen LogP contribution is 2.31. The number of piperidine rings is 1. The zero-order chi connectivity index (χ0) is 24.5. The van der Waals surface area contributed by atoms with Crippen LogP contribution < -0.4 is 5.32 Å². The first kappa shape index (κ1) is 22.4. The minimum Gasteiger partial charge on any atom is -0.361 e. The van der Waals surface area contributed by atoms with E-state index in [2.05, 4.69) is 20.3 Å². The summed E-state index contributed by atoms with van der Waals surface area (Å²) in [6.07, 6.45) is 5.75. The molecule has 6 rings (SSSR count). The number of hydrogen-bond donors (Lipinski definition) is 2.